The molecule has 0 N–H and O–H groups in total. The summed E-state index contributed by atoms with van der Waals surface area (Å²) < 4.78 is 22.7. The molecule has 0 unspecified atom stereocenters. The number of hydrogen-bond donors (Lipinski definition) is 0. The Balaban J connectivity index is 1.79. The van der Waals surface area contributed by atoms with E-state index in [1.807, 2.05) is 0 Å². The maximum atomic E-state index is 14.7. The molecule has 2 aromatic rings. The lowest BCUT2D eigenvalue weighted by atomic mass is 10.0. The van der Waals surface area contributed by atoms with Crippen LogP contribution in [-0.2, 0) is 4.74 Å². The van der Waals surface area contributed by atoms with Gasteiger partial charge >= 0.3 is 6.09 Å². The predicted molar refractivity (Wildman–Crippen MR) is 97.9 cm³/mol. The number of thiophene rings is 1. The van der Waals surface area contributed by atoms with Gasteiger partial charge in [-0.25, -0.2) is 14.2 Å². The third-order valence-corrected chi connectivity index (χ3v) is 5.56. The third kappa shape index (κ3) is 3.87. The normalized spacial score (nSPS) is 21.6. The molecule has 136 valence electrons. The summed E-state index contributed by atoms with van der Waals surface area (Å²) in [6, 6.07) is 1.13. The van der Waals surface area contributed by atoms with Crippen molar-refractivity contribution in [3.05, 3.63) is 26.5 Å². The minimum atomic E-state index is -1.36. The molecule has 0 aliphatic carbocycles. The van der Waals surface area contributed by atoms with Crippen molar-refractivity contribution in [3.8, 4) is 0 Å². The van der Waals surface area contributed by atoms with Gasteiger partial charge in [0.05, 0.1) is 28.2 Å². The highest BCUT2D eigenvalue weighted by Gasteiger charge is 2.35. The van der Waals surface area contributed by atoms with E-state index in [2.05, 4.69) is 20.9 Å². The fourth-order valence-electron chi connectivity index (χ4n) is 2.83. The van der Waals surface area contributed by atoms with Gasteiger partial charge < -0.3 is 9.64 Å². The van der Waals surface area contributed by atoms with Gasteiger partial charge in [0, 0.05) is 6.54 Å². The van der Waals surface area contributed by atoms with Crippen LogP contribution in [0.25, 0.3) is 10.2 Å². The zero-order valence-corrected chi connectivity index (χ0v) is 16.6. The first kappa shape index (κ1) is 18.3. The van der Waals surface area contributed by atoms with Crippen molar-refractivity contribution in [3.63, 3.8) is 0 Å². The van der Waals surface area contributed by atoms with Crippen LogP contribution in [0.3, 0.4) is 0 Å². The zero-order valence-electron chi connectivity index (χ0n) is 14.2. The van der Waals surface area contributed by atoms with E-state index < -0.39 is 23.9 Å². The number of rotatable bonds is 1. The lowest BCUT2D eigenvalue weighted by molar-refractivity contribution is 0.00646. The lowest BCUT2D eigenvalue weighted by Crippen LogP contribution is -2.48. The molecule has 1 fully saturated rings. The molecule has 25 heavy (non-hydrogen) atoms. The SMILES string of the molecule is CC(C)(C)OC(=O)N1CC[C@@H](n2cnc3cc(Br)sc3c2=O)[C@H](F)C1. The van der Waals surface area contributed by atoms with E-state index in [1.54, 1.807) is 26.8 Å². The molecule has 0 bridgehead atoms. The number of likely N-dealkylation sites (tertiary alicyclic amines) is 1. The number of hydrogen-bond acceptors (Lipinski definition) is 5. The van der Waals surface area contributed by atoms with Gasteiger partial charge in [0.1, 0.15) is 16.5 Å². The Morgan fingerprint density at radius 2 is 2.20 bits per heavy atom. The Morgan fingerprint density at radius 1 is 1.48 bits per heavy atom. The molecule has 2 atom stereocenters. The van der Waals surface area contributed by atoms with Crippen LogP contribution in [0.1, 0.15) is 33.2 Å². The Labute approximate surface area is 156 Å². The smallest absolute Gasteiger partial charge is 0.410 e. The maximum Gasteiger partial charge on any atom is 0.410 e. The second-order valence-electron chi connectivity index (χ2n) is 7.02. The molecule has 3 rings (SSSR count). The molecule has 1 amide bonds. The molecule has 6 nitrogen and oxygen atoms in total. The number of carbonyl (C=O) groups excluding carboxylic acids is 1. The highest BCUT2D eigenvalue weighted by Crippen LogP contribution is 2.29. The molecule has 2 aromatic heterocycles. The van der Waals surface area contributed by atoms with E-state index in [0.29, 0.717) is 23.2 Å². The van der Waals surface area contributed by atoms with Crippen LogP contribution in [0, 0.1) is 0 Å². The molecule has 0 spiro atoms. The Hall–Kier alpha value is -1.48. The van der Waals surface area contributed by atoms with Crippen LogP contribution in [0.15, 0.2) is 21.0 Å². The third-order valence-electron chi connectivity index (χ3n) is 3.95. The van der Waals surface area contributed by atoms with Crippen LogP contribution in [0.5, 0.6) is 0 Å². The molecule has 1 saturated heterocycles. The summed E-state index contributed by atoms with van der Waals surface area (Å²) >= 11 is 4.62. The van der Waals surface area contributed by atoms with E-state index in [4.69, 9.17) is 4.74 Å². The first-order valence-electron chi connectivity index (χ1n) is 7.94. The number of piperidine rings is 1. The second-order valence-corrected chi connectivity index (χ2v) is 9.45. The second kappa shape index (κ2) is 6.68. The van der Waals surface area contributed by atoms with E-state index >= 15 is 0 Å². The van der Waals surface area contributed by atoms with Crippen LogP contribution >= 0.6 is 27.3 Å². The average molecular weight is 432 g/mol. The monoisotopic (exact) mass is 431 g/mol. The summed E-state index contributed by atoms with van der Waals surface area (Å²) in [6.07, 6.45) is -0.164. The van der Waals surface area contributed by atoms with Crippen LogP contribution < -0.4 is 5.56 Å². The first-order chi connectivity index (χ1) is 11.7. The lowest BCUT2D eigenvalue weighted by Gasteiger charge is -2.36. The van der Waals surface area contributed by atoms with Crippen molar-refractivity contribution < 1.29 is 13.9 Å². The van der Waals surface area contributed by atoms with Gasteiger partial charge in [-0.05, 0) is 49.2 Å². The molecular weight excluding hydrogens is 413 g/mol. The van der Waals surface area contributed by atoms with E-state index in [0.717, 1.165) is 3.79 Å². The zero-order chi connectivity index (χ0) is 18.4. The van der Waals surface area contributed by atoms with Gasteiger partial charge in [0.25, 0.3) is 5.56 Å². The minimum absolute atomic E-state index is 0.0990. The van der Waals surface area contributed by atoms with E-state index in [1.165, 1.54) is 27.1 Å². The minimum Gasteiger partial charge on any atom is -0.444 e. The van der Waals surface area contributed by atoms with Gasteiger partial charge in [0.2, 0.25) is 0 Å². The van der Waals surface area contributed by atoms with Crippen molar-refractivity contribution in [1.29, 1.82) is 0 Å². The van der Waals surface area contributed by atoms with Gasteiger partial charge in [-0.15, -0.1) is 11.3 Å². The van der Waals surface area contributed by atoms with Gasteiger partial charge in [-0.3, -0.25) is 9.36 Å². The van der Waals surface area contributed by atoms with Crippen LogP contribution in [-0.4, -0.2) is 45.4 Å². The number of carbonyl (C=O) groups is 1. The van der Waals surface area contributed by atoms with Crippen molar-refractivity contribution in [2.75, 3.05) is 13.1 Å². The van der Waals surface area contributed by atoms with Gasteiger partial charge in [0.15, 0.2) is 0 Å². The standard InChI is InChI=1S/C16H19BrFN3O3S/c1-16(2,3)24-15(23)20-5-4-11(9(18)7-20)21-8-19-10-6-12(17)25-13(10)14(21)22/h6,8-9,11H,4-5,7H2,1-3H3/t9-,11-/m1/s1. The average Bonchev–Trinajstić information content (AvgIpc) is 2.88. The van der Waals surface area contributed by atoms with Crippen molar-refractivity contribution in [2.24, 2.45) is 0 Å². The molecule has 1 aliphatic heterocycles. The van der Waals surface area contributed by atoms with Gasteiger partial charge in [-0.2, -0.15) is 0 Å². The number of alkyl halides is 1. The molecule has 0 aromatic carbocycles. The number of fused-ring (bicyclic) bond motifs is 1. The maximum absolute atomic E-state index is 14.7. The number of aromatic nitrogens is 2. The summed E-state index contributed by atoms with van der Waals surface area (Å²) in [6.45, 7) is 5.54. The predicted octanol–water partition coefficient (Wildman–Crippen LogP) is 3.74. The summed E-state index contributed by atoms with van der Waals surface area (Å²) in [5, 5.41) is 0. The van der Waals surface area contributed by atoms with Crippen LogP contribution in [0.4, 0.5) is 9.18 Å². The molecule has 3 heterocycles. The molecule has 0 radical (unpaired) electrons. The summed E-state index contributed by atoms with van der Waals surface area (Å²) in [5.74, 6) is 0. The molecule has 9 heteroatoms. The van der Waals surface area contributed by atoms with Crippen molar-refractivity contribution in [1.82, 2.24) is 14.5 Å². The van der Waals surface area contributed by atoms with E-state index in [-0.39, 0.29) is 12.1 Å². The first-order valence-corrected chi connectivity index (χ1v) is 9.55. The molecule has 1 aliphatic rings. The van der Waals surface area contributed by atoms with Crippen molar-refractivity contribution in [2.45, 2.75) is 45.0 Å². The van der Waals surface area contributed by atoms with Gasteiger partial charge in [-0.1, -0.05) is 0 Å². The number of nitrogens with zero attached hydrogens (tertiary/aromatic N) is 3. The largest absolute Gasteiger partial charge is 0.444 e. The van der Waals surface area contributed by atoms with E-state index in [9.17, 15) is 14.0 Å². The van der Waals surface area contributed by atoms with Crippen molar-refractivity contribution >= 4 is 43.6 Å². The number of halogens is 2. The highest BCUT2D eigenvalue weighted by molar-refractivity contribution is 9.11. The highest BCUT2D eigenvalue weighted by atomic mass is 79.9. The Bertz CT molecular complexity index is 860. The Morgan fingerprint density at radius 3 is 2.84 bits per heavy atom. The quantitative estimate of drug-likeness (QED) is 0.689. The summed E-state index contributed by atoms with van der Waals surface area (Å²) in [7, 11) is 0. The number of ether oxygens (including phenoxy) is 1. The molecule has 0 saturated carbocycles. The summed E-state index contributed by atoms with van der Waals surface area (Å²) in [5.41, 5.74) is -0.281. The summed E-state index contributed by atoms with van der Waals surface area (Å²) in [4.78, 5) is 30.3. The topological polar surface area (TPSA) is 64.4 Å². The number of amides is 1. The van der Waals surface area contributed by atoms with Crippen LogP contribution in [0.2, 0.25) is 0 Å². The molecular formula is C16H19BrFN3O3S. The Kier molecular flexibility index (Phi) is 4.89. The fraction of sp³-hybridized carbons (Fsp3) is 0.562. The fourth-order valence-corrected chi connectivity index (χ4v) is 4.31.